The van der Waals surface area contributed by atoms with E-state index in [2.05, 4.69) is 0 Å². The van der Waals surface area contributed by atoms with Crippen LogP contribution in [0.5, 0.6) is 0 Å². The largest absolute Gasteiger partial charge is 0.324 e. The highest BCUT2D eigenvalue weighted by Gasteiger charge is 2.23. The van der Waals surface area contributed by atoms with Crippen molar-refractivity contribution in [2.75, 3.05) is 0 Å². The molecule has 64 valence electrons. The van der Waals surface area contributed by atoms with Gasteiger partial charge in [0.2, 0.25) is 0 Å². The molecule has 0 aliphatic heterocycles. The molecule has 0 saturated carbocycles. The Bertz CT molecular complexity index is 320. The van der Waals surface area contributed by atoms with Gasteiger partial charge in [0.15, 0.2) is 0 Å². The summed E-state index contributed by atoms with van der Waals surface area (Å²) >= 11 is 0. The van der Waals surface area contributed by atoms with Crippen LogP contribution in [0.15, 0.2) is 12.1 Å². The minimum absolute atomic E-state index is 0.0516. The van der Waals surface area contributed by atoms with E-state index in [1.165, 1.54) is 6.07 Å². The van der Waals surface area contributed by atoms with E-state index in [1.807, 2.05) is 6.92 Å². The maximum Gasteiger partial charge on any atom is 0.126 e. The van der Waals surface area contributed by atoms with Gasteiger partial charge in [-0.1, -0.05) is 6.07 Å². The first-order chi connectivity index (χ1) is 5.70. The van der Waals surface area contributed by atoms with Crippen molar-refractivity contribution in [2.45, 2.75) is 25.8 Å². The highest BCUT2D eigenvalue weighted by Crippen LogP contribution is 2.33. The highest BCUT2D eigenvalue weighted by molar-refractivity contribution is 5.41. The molecule has 2 rings (SSSR count). The zero-order valence-electron chi connectivity index (χ0n) is 7.10. The lowest BCUT2D eigenvalue weighted by Gasteiger charge is -2.08. The van der Waals surface area contributed by atoms with Crippen molar-refractivity contribution < 1.29 is 4.39 Å². The lowest BCUT2D eigenvalue weighted by atomic mass is 10.0. The van der Waals surface area contributed by atoms with Gasteiger partial charge in [-0.15, -0.1) is 0 Å². The van der Waals surface area contributed by atoms with Gasteiger partial charge in [0.1, 0.15) is 5.82 Å². The van der Waals surface area contributed by atoms with Crippen LogP contribution in [0, 0.1) is 12.7 Å². The molecule has 1 nitrogen and oxygen atoms in total. The molecule has 2 heteroatoms. The van der Waals surface area contributed by atoms with Gasteiger partial charge in [-0.25, -0.2) is 4.39 Å². The van der Waals surface area contributed by atoms with Crippen LogP contribution in [0.25, 0.3) is 0 Å². The van der Waals surface area contributed by atoms with Crippen molar-refractivity contribution in [3.05, 3.63) is 34.6 Å². The van der Waals surface area contributed by atoms with Crippen LogP contribution in [0.3, 0.4) is 0 Å². The Morgan fingerprint density at radius 3 is 2.92 bits per heavy atom. The lowest BCUT2D eigenvalue weighted by Crippen LogP contribution is -2.07. The van der Waals surface area contributed by atoms with Crippen molar-refractivity contribution in [1.29, 1.82) is 0 Å². The SMILES string of the molecule is Cc1ccc(F)c2c1C(N)CC2. The van der Waals surface area contributed by atoms with Crippen molar-refractivity contribution in [1.82, 2.24) is 0 Å². The molecule has 0 heterocycles. The molecule has 0 fully saturated rings. The quantitative estimate of drug-likeness (QED) is 0.625. The van der Waals surface area contributed by atoms with Crippen molar-refractivity contribution in [2.24, 2.45) is 5.73 Å². The van der Waals surface area contributed by atoms with Gasteiger partial charge in [0.25, 0.3) is 0 Å². The summed E-state index contributed by atoms with van der Waals surface area (Å²) in [6.07, 6.45) is 1.68. The molecular formula is C10H12FN. The van der Waals surface area contributed by atoms with Crippen LogP contribution in [-0.2, 0) is 6.42 Å². The number of aryl methyl sites for hydroxylation is 1. The fraction of sp³-hybridized carbons (Fsp3) is 0.400. The predicted molar refractivity (Wildman–Crippen MR) is 46.4 cm³/mol. The summed E-state index contributed by atoms with van der Waals surface area (Å²) in [4.78, 5) is 0. The van der Waals surface area contributed by atoms with Gasteiger partial charge in [-0.3, -0.25) is 0 Å². The molecule has 0 bridgehead atoms. The zero-order valence-corrected chi connectivity index (χ0v) is 7.10. The first kappa shape index (κ1) is 7.74. The monoisotopic (exact) mass is 165 g/mol. The van der Waals surface area contributed by atoms with Crippen LogP contribution in [-0.4, -0.2) is 0 Å². The first-order valence-corrected chi connectivity index (χ1v) is 4.23. The third kappa shape index (κ3) is 0.950. The summed E-state index contributed by atoms with van der Waals surface area (Å²) in [7, 11) is 0. The van der Waals surface area contributed by atoms with Crippen LogP contribution < -0.4 is 5.73 Å². The summed E-state index contributed by atoms with van der Waals surface area (Å²) in [5, 5.41) is 0. The van der Waals surface area contributed by atoms with E-state index in [1.54, 1.807) is 6.07 Å². The molecule has 0 spiro atoms. The Hall–Kier alpha value is -0.890. The lowest BCUT2D eigenvalue weighted by molar-refractivity contribution is 0.612. The minimum Gasteiger partial charge on any atom is -0.324 e. The van der Waals surface area contributed by atoms with Gasteiger partial charge in [-0.05, 0) is 42.5 Å². The zero-order chi connectivity index (χ0) is 8.72. The average molecular weight is 165 g/mol. The van der Waals surface area contributed by atoms with Gasteiger partial charge >= 0.3 is 0 Å². The third-order valence-electron chi connectivity index (χ3n) is 2.59. The smallest absolute Gasteiger partial charge is 0.126 e. The van der Waals surface area contributed by atoms with E-state index in [0.717, 1.165) is 29.5 Å². The molecule has 0 aromatic heterocycles. The molecule has 0 saturated heterocycles. The van der Waals surface area contributed by atoms with Crippen LogP contribution >= 0.6 is 0 Å². The summed E-state index contributed by atoms with van der Waals surface area (Å²) in [5.74, 6) is -0.0939. The van der Waals surface area contributed by atoms with Crippen LogP contribution in [0.2, 0.25) is 0 Å². The summed E-state index contributed by atoms with van der Waals surface area (Å²) in [5.41, 5.74) is 8.84. The average Bonchev–Trinajstić information content (AvgIpc) is 2.42. The molecule has 1 unspecified atom stereocenters. The first-order valence-electron chi connectivity index (χ1n) is 4.23. The van der Waals surface area contributed by atoms with E-state index < -0.39 is 0 Å². The van der Waals surface area contributed by atoms with E-state index >= 15 is 0 Å². The predicted octanol–water partition coefficient (Wildman–Crippen LogP) is 2.08. The molecule has 1 atom stereocenters. The summed E-state index contributed by atoms with van der Waals surface area (Å²) in [6, 6.07) is 3.39. The molecular weight excluding hydrogens is 153 g/mol. The Morgan fingerprint density at radius 2 is 2.25 bits per heavy atom. The second-order valence-corrected chi connectivity index (χ2v) is 3.40. The Kier molecular flexibility index (Phi) is 1.65. The van der Waals surface area contributed by atoms with Gasteiger partial charge in [0, 0.05) is 6.04 Å². The molecule has 2 N–H and O–H groups in total. The number of halogens is 1. The van der Waals surface area contributed by atoms with E-state index in [0.29, 0.717) is 0 Å². The van der Waals surface area contributed by atoms with E-state index in [4.69, 9.17) is 5.73 Å². The van der Waals surface area contributed by atoms with E-state index in [9.17, 15) is 4.39 Å². The Morgan fingerprint density at radius 1 is 1.50 bits per heavy atom. The van der Waals surface area contributed by atoms with Gasteiger partial charge in [-0.2, -0.15) is 0 Å². The topological polar surface area (TPSA) is 26.0 Å². The van der Waals surface area contributed by atoms with Crippen LogP contribution in [0.1, 0.15) is 29.2 Å². The Labute approximate surface area is 71.4 Å². The molecule has 1 aliphatic rings. The second-order valence-electron chi connectivity index (χ2n) is 3.40. The molecule has 1 aromatic carbocycles. The molecule has 1 aromatic rings. The fourth-order valence-corrected chi connectivity index (χ4v) is 1.97. The summed E-state index contributed by atoms with van der Waals surface area (Å²) < 4.78 is 13.2. The normalized spacial score (nSPS) is 21.1. The molecule has 1 aliphatic carbocycles. The van der Waals surface area contributed by atoms with Gasteiger partial charge < -0.3 is 5.73 Å². The Balaban J connectivity index is 2.64. The van der Waals surface area contributed by atoms with Crippen LogP contribution in [0.4, 0.5) is 4.39 Å². The van der Waals surface area contributed by atoms with Crippen molar-refractivity contribution >= 4 is 0 Å². The maximum absolute atomic E-state index is 13.2. The van der Waals surface area contributed by atoms with Gasteiger partial charge in [0.05, 0.1) is 0 Å². The summed E-state index contributed by atoms with van der Waals surface area (Å²) in [6.45, 7) is 1.99. The van der Waals surface area contributed by atoms with Crippen molar-refractivity contribution in [3.63, 3.8) is 0 Å². The van der Waals surface area contributed by atoms with Crippen molar-refractivity contribution in [3.8, 4) is 0 Å². The third-order valence-corrected chi connectivity index (χ3v) is 2.59. The highest BCUT2D eigenvalue weighted by atomic mass is 19.1. The number of fused-ring (bicyclic) bond motifs is 1. The molecule has 0 amide bonds. The van der Waals surface area contributed by atoms with E-state index in [-0.39, 0.29) is 11.9 Å². The number of nitrogens with two attached hydrogens (primary N) is 1. The maximum atomic E-state index is 13.2. The fourth-order valence-electron chi connectivity index (χ4n) is 1.97. The standard InChI is InChI=1S/C10H12FN/c1-6-2-4-8(11)7-3-5-9(12)10(6)7/h2,4,9H,3,5,12H2,1H3. The number of hydrogen-bond acceptors (Lipinski definition) is 1. The number of hydrogen-bond donors (Lipinski definition) is 1. The number of rotatable bonds is 0. The number of benzene rings is 1. The minimum atomic E-state index is -0.0939. The second kappa shape index (κ2) is 2.56. The molecule has 0 radical (unpaired) electrons. The molecule has 12 heavy (non-hydrogen) atoms.